The van der Waals surface area contributed by atoms with Crippen molar-refractivity contribution < 1.29 is 4.74 Å². The van der Waals surface area contributed by atoms with Crippen LogP contribution < -0.4 is 16.0 Å². The third kappa shape index (κ3) is 3.39. The van der Waals surface area contributed by atoms with Gasteiger partial charge in [-0.25, -0.2) is 0 Å². The molecule has 1 atom stereocenters. The summed E-state index contributed by atoms with van der Waals surface area (Å²) in [7, 11) is 1.69. The molecule has 106 valence electrons. The quantitative estimate of drug-likeness (QED) is 0.649. The van der Waals surface area contributed by atoms with E-state index in [0.29, 0.717) is 0 Å². The molecule has 0 spiro atoms. The maximum absolute atomic E-state index is 5.75. The van der Waals surface area contributed by atoms with Gasteiger partial charge in [0.1, 0.15) is 5.75 Å². The van der Waals surface area contributed by atoms with Gasteiger partial charge >= 0.3 is 0 Å². The van der Waals surface area contributed by atoms with E-state index in [2.05, 4.69) is 46.5 Å². The minimum absolute atomic E-state index is 0.0550. The van der Waals surface area contributed by atoms with E-state index < -0.39 is 0 Å². The van der Waals surface area contributed by atoms with Crippen molar-refractivity contribution in [1.29, 1.82) is 0 Å². The summed E-state index contributed by atoms with van der Waals surface area (Å²) in [5.41, 5.74) is 6.45. The second-order valence-electron chi connectivity index (χ2n) is 4.74. The van der Waals surface area contributed by atoms with Gasteiger partial charge in [0, 0.05) is 4.47 Å². The monoisotopic (exact) mass is 334 g/mol. The van der Waals surface area contributed by atoms with E-state index in [1.165, 1.54) is 11.1 Å². The van der Waals surface area contributed by atoms with Crippen molar-refractivity contribution in [3.63, 3.8) is 0 Å². The fourth-order valence-corrected chi connectivity index (χ4v) is 2.86. The lowest BCUT2D eigenvalue weighted by Gasteiger charge is -2.20. The third-order valence-electron chi connectivity index (χ3n) is 3.43. The maximum Gasteiger partial charge on any atom is 0.122 e. The molecule has 0 radical (unpaired) electrons. The summed E-state index contributed by atoms with van der Waals surface area (Å²) < 4.78 is 6.48. The Morgan fingerprint density at radius 1 is 1.25 bits per heavy atom. The molecule has 2 rings (SSSR count). The molecule has 0 saturated carbocycles. The Morgan fingerprint density at radius 2 is 2.00 bits per heavy atom. The Hall–Kier alpha value is -1.36. The van der Waals surface area contributed by atoms with Gasteiger partial charge in [-0.2, -0.15) is 0 Å². The topological polar surface area (TPSA) is 47.3 Å². The van der Waals surface area contributed by atoms with Crippen molar-refractivity contribution in [3.8, 4) is 5.75 Å². The number of nitrogens with two attached hydrogens (primary N) is 1. The fourth-order valence-electron chi connectivity index (χ4n) is 2.38. The number of rotatable bonds is 5. The van der Waals surface area contributed by atoms with Crippen molar-refractivity contribution in [2.75, 3.05) is 7.11 Å². The lowest BCUT2D eigenvalue weighted by atomic mass is 9.95. The van der Waals surface area contributed by atoms with Crippen molar-refractivity contribution in [2.24, 2.45) is 5.84 Å². The smallest absolute Gasteiger partial charge is 0.122 e. The highest BCUT2D eigenvalue weighted by Gasteiger charge is 2.15. The summed E-state index contributed by atoms with van der Waals surface area (Å²) in [5.74, 6) is 6.64. The van der Waals surface area contributed by atoms with Crippen molar-refractivity contribution >= 4 is 15.9 Å². The number of hydrazine groups is 1. The van der Waals surface area contributed by atoms with E-state index >= 15 is 0 Å². The molecule has 2 aromatic rings. The SMILES string of the molecule is COc1ccccc1CC(NN)c1ccc(Br)cc1C. The number of hydrogen-bond acceptors (Lipinski definition) is 3. The first-order valence-electron chi connectivity index (χ1n) is 6.49. The average molecular weight is 335 g/mol. The lowest BCUT2D eigenvalue weighted by Crippen LogP contribution is -2.30. The van der Waals surface area contributed by atoms with Crippen LogP contribution in [0.4, 0.5) is 0 Å². The van der Waals surface area contributed by atoms with Gasteiger partial charge < -0.3 is 4.74 Å². The molecule has 3 N–H and O–H groups in total. The number of nitrogens with one attached hydrogen (secondary N) is 1. The Kier molecular flexibility index (Phi) is 5.17. The molecule has 0 heterocycles. The molecule has 2 aromatic carbocycles. The van der Waals surface area contributed by atoms with Gasteiger partial charge in [0.05, 0.1) is 13.2 Å². The highest BCUT2D eigenvalue weighted by molar-refractivity contribution is 9.10. The minimum atomic E-state index is 0.0550. The second-order valence-corrected chi connectivity index (χ2v) is 5.65. The highest BCUT2D eigenvalue weighted by atomic mass is 79.9. The van der Waals surface area contributed by atoms with Gasteiger partial charge in [0.2, 0.25) is 0 Å². The molecule has 0 aliphatic carbocycles. The second kappa shape index (κ2) is 6.88. The average Bonchev–Trinajstić information content (AvgIpc) is 2.46. The predicted octanol–water partition coefficient (Wildman–Crippen LogP) is 3.51. The van der Waals surface area contributed by atoms with Gasteiger partial charge in [-0.3, -0.25) is 11.3 Å². The van der Waals surface area contributed by atoms with E-state index in [9.17, 15) is 0 Å². The molecular formula is C16H19BrN2O. The van der Waals surface area contributed by atoms with Crippen LogP contribution >= 0.6 is 15.9 Å². The molecule has 4 heteroatoms. The molecule has 0 aliphatic heterocycles. The van der Waals surface area contributed by atoms with Crippen molar-refractivity contribution in [2.45, 2.75) is 19.4 Å². The Bertz CT molecular complexity index is 586. The van der Waals surface area contributed by atoms with E-state index in [-0.39, 0.29) is 6.04 Å². The van der Waals surface area contributed by atoms with Crippen molar-refractivity contribution in [3.05, 3.63) is 63.6 Å². The van der Waals surface area contributed by atoms with E-state index in [0.717, 1.165) is 22.2 Å². The first-order chi connectivity index (χ1) is 9.65. The number of benzene rings is 2. The first kappa shape index (κ1) is 15.0. The summed E-state index contributed by atoms with van der Waals surface area (Å²) in [6.07, 6.45) is 0.781. The molecule has 0 saturated heterocycles. The first-order valence-corrected chi connectivity index (χ1v) is 7.29. The number of para-hydroxylation sites is 1. The van der Waals surface area contributed by atoms with Gasteiger partial charge in [0.25, 0.3) is 0 Å². The molecule has 20 heavy (non-hydrogen) atoms. The Labute approximate surface area is 128 Å². The number of halogens is 1. The molecular weight excluding hydrogens is 316 g/mol. The lowest BCUT2D eigenvalue weighted by molar-refractivity contribution is 0.405. The summed E-state index contributed by atoms with van der Waals surface area (Å²) in [6.45, 7) is 2.09. The van der Waals surface area contributed by atoms with Crippen LogP contribution in [0.25, 0.3) is 0 Å². The minimum Gasteiger partial charge on any atom is -0.496 e. The Morgan fingerprint density at radius 3 is 2.65 bits per heavy atom. The normalized spacial score (nSPS) is 12.2. The van der Waals surface area contributed by atoms with Crippen LogP contribution in [0.15, 0.2) is 46.9 Å². The van der Waals surface area contributed by atoms with Gasteiger partial charge in [-0.05, 0) is 48.2 Å². The molecule has 1 unspecified atom stereocenters. The Balaban J connectivity index is 2.29. The molecule has 0 fully saturated rings. The van der Waals surface area contributed by atoms with Crippen LogP contribution in [0.1, 0.15) is 22.7 Å². The van der Waals surface area contributed by atoms with E-state index in [4.69, 9.17) is 10.6 Å². The third-order valence-corrected chi connectivity index (χ3v) is 3.92. The molecule has 3 nitrogen and oxygen atoms in total. The van der Waals surface area contributed by atoms with E-state index in [1.807, 2.05) is 24.3 Å². The standard InChI is InChI=1S/C16H19BrN2O/c1-11-9-13(17)7-8-14(11)15(19-18)10-12-5-3-4-6-16(12)20-2/h3-9,15,19H,10,18H2,1-2H3. The van der Waals surface area contributed by atoms with Gasteiger partial charge in [-0.1, -0.05) is 40.2 Å². The van der Waals surface area contributed by atoms with Crippen LogP contribution in [0.2, 0.25) is 0 Å². The molecule has 0 amide bonds. The fraction of sp³-hybridized carbons (Fsp3) is 0.250. The zero-order chi connectivity index (χ0) is 14.5. The number of hydrogen-bond donors (Lipinski definition) is 2. The molecule has 0 aromatic heterocycles. The summed E-state index contributed by atoms with van der Waals surface area (Å²) in [4.78, 5) is 0. The van der Waals surface area contributed by atoms with Crippen molar-refractivity contribution in [1.82, 2.24) is 5.43 Å². The number of methoxy groups -OCH3 is 1. The van der Waals surface area contributed by atoms with Crippen LogP contribution in [-0.4, -0.2) is 7.11 Å². The molecule has 0 bridgehead atoms. The van der Waals surface area contributed by atoms with Crippen LogP contribution in [0, 0.1) is 6.92 Å². The van der Waals surface area contributed by atoms with E-state index in [1.54, 1.807) is 7.11 Å². The predicted molar refractivity (Wildman–Crippen MR) is 85.6 cm³/mol. The molecule has 0 aliphatic rings. The summed E-state index contributed by atoms with van der Waals surface area (Å²) >= 11 is 3.49. The number of aryl methyl sites for hydroxylation is 1. The summed E-state index contributed by atoms with van der Waals surface area (Å²) in [6, 6.07) is 14.3. The maximum atomic E-state index is 5.75. The van der Waals surface area contributed by atoms with Gasteiger partial charge in [-0.15, -0.1) is 0 Å². The highest BCUT2D eigenvalue weighted by Crippen LogP contribution is 2.27. The number of ether oxygens (including phenoxy) is 1. The summed E-state index contributed by atoms with van der Waals surface area (Å²) in [5, 5.41) is 0. The zero-order valence-electron chi connectivity index (χ0n) is 11.7. The van der Waals surface area contributed by atoms with Crippen LogP contribution in [-0.2, 0) is 6.42 Å². The largest absolute Gasteiger partial charge is 0.496 e. The van der Waals surface area contributed by atoms with Crippen LogP contribution in [0.3, 0.4) is 0 Å². The van der Waals surface area contributed by atoms with Gasteiger partial charge in [0.15, 0.2) is 0 Å². The van der Waals surface area contributed by atoms with Crippen LogP contribution in [0.5, 0.6) is 5.75 Å². The zero-order valence-corrected chi connectivity index (χ0v) is 13.3.